The number of carboxylic acids is 1. The lowest BCUT2D eigenvalue weighted by atomic mass is 10.1. The Labute approximate surface area is 208 Å². The van der Waals surface area contributed by atoms with Crippen molar-refractivity contribution >= 4 is 52.0 Å². The van der Waals surface area contributed by atoms with E-state index >= 15 is 0 Å². The monoisotopic (exact) mass is 533 g/mol. The van der Waals surface area contributed by atoms with E-state index in [0.29, 0.717) is 18.4 Å². The van der Waals surface area contributed by atoms with E-state index in [2.05, 4.69) is 33.3 Å². The molecule has 8 N–H and O–H groups in total. The molecule has 0 saturated heterocycles. The van der Waals surface area contributed by atoms with Crippen molar-refractivity contribution in [3.8, 4) is 5.75 Å². The minimum absolute atomic E-state index is 0.0806. The number of carboxylic acid groups (broad SMARTS) is 1. The van der Waals surface area contributed by atoms with Crippen LogP contribution in [0.15, 0.2) is 18.2 Å². The van der Waals surface area contributed by atoms with E-state index < -0.39 is 52.3 Å². The summed E-state index contributed by atoms with van der Waals surface area (Å²) < 4.78 is 26.4. The number of hydrogen-bond donors (Lipinski definition) is 8. The number of sulfonamides is 1. The summed E-state index contributed by atoms with van der Waals surface area (Å²) in [5.74, 6) is -4.00. The first-order valence-electron chi connectivity index (χ1n) is 10.6. The van der Waals surface area contributed by atoms with Gasteiger partial charge in [-0.25, -0.2) is 13.1 Å². The average Bonchev–Trinajstić information content (AvgIpc) is 2.80. The summed E-state index contributed by atoms with van der Waals surface area (Å²) in [6.45, 7) is 1.10. The predicted octanol–water partition coefficient (Wildman–Crippen LogP) is -1.46. The van der Waals surface area contributed by atoms with Gasteiger partial charge in [-0.2, -0.15) is 12.6 Å². The van der Waals surface area contributed by atoms with Crippen LogP contribution in [0.5, 0.6) is 5.75 Å². The van der Waals surface area contributed by atoms with E-state index in [1.54, 1.807) is 6.92 Å². The van der Waals surface area contributed by atoms with E-state index in [1.807, 2.05) is 0 Å². The Balaban J connectivity index is 2.91. The Morgan fingerprint density at radius 2 is 1.83 bits per heavy atom. The number of rotatable bonds is 15. The Morgan fingerprint density at radius 3 is 2.40 bits per heavy atom. The number of thiol groups is 1. The summed E-state index contributed by atoms with van der Waals surface area (Å²) in [5.41, 5.74) is 5.37. The number of aliphatic carboxylic acids is 1. The number of anilines is 1. The fourth-order valence-corrected chi connectivity index (χ4v) is 4.41. The van der Waals surface area contributed by atoms with Gasteiger partial charge < -0.3 is 31.9 Å². The third-order valence-electron chi connectivity index (χ3n) is 4.61. The molecule has 13 nitrogen and oxygen atoms in total. The van der Waals surface area contributed by atoms with Crippen LogP contribution in [0, 0.1) is 0 Å². The summed E-state index contributed by atoms with van der Waals surface area (Å²) in [6.07, 6.45) is 0.743. The standard InChI is InChI=1S/C20H31N5O8S2/c1-2-3-6-35(32,33)25-14(20(30)31)8-12-4-5-16(26)13(7-12)24-19(29)15(11-34)23-18(28)10-22-17(27)9-21/h4-5,7,14-15,25-26,34H,2-3,6,8-11,21H2,1H3,(H,22,27)(H,23,28)(H,24,29)(H,30,31)/t14-,15-/m0/s1. The molecule has 15 heteroatoms. The van der Waals surface area contributed by atoms with Gasteiger partial charge >= 0.3 is 5.97 Å². The van der Waals surface area contributed by atoms with Crippen LogP contribution in [0.2, 0.25) is 0 Å². The Morgan fingerprint density at radius 1 is 1.14 bits per heavy atom. The molecule has 1 rings (SSSR count). The van der Waals surface area contributed by atoms with Crippen molar-refractivity contribution in [1.29, 1.82) is 0 Å². The summed E-state index contributed by atoms with van der Waals surface area (Å²) in [7, 11) is -3.82. The average molecular weight is 534 g/mol. The normalized spacial score (nSPS) is 12.9. The van der Waals surface area contributed by atoms with E-state index in [4.69, 9.17) is 5.73 Å². The minimum Gasteiger partial charge on any atom is -0.506 e. The van der Waals surface area contributed by atoms with Crippen molar-refractivity contribution in [2.75, 3.05) is 29.9 Å². The van der Waals surface area contributed by atoms with Crippen LogP contribution in [0.4, 0.5) is 5.69 Å². The van der Waals surface area contributed by atoms with Crippen LogP contribution in [0.1, 0.15) is 25.3 Å². The van der Waals surface area contributed by atoms with Gasteiger partial charge in [-0.05, 0) is 30.5 Å². The van der Waals surface area contributed by atoms with Crippen molar-refractivity contribution in [3.63, 3.8) is 0 Å². The molecule has 1 aromatic rings. The van der Waals surface area contributed by atoms with Crippen molar-refractivity contribution in [2.24, 2.45) is 5.73 Å². The molecule has 0 bridgehead atoms. The second-order valence-corrected chi connectivity index (χ2v) is 9.75. The number of nitrogens with one attached hydrogen (secondary N) is 4. The molecular formula is C20H31N5O8S2. The molecule has 2 atom stereocenters. The summed E-state index contributed by atoms with van der Waals surface area (Å²) in [5, 5.41) is 26.6. The molecule has 0 spiro atoms. The molecule has 0 saturated carbocycles. The molecule has 196 valence electrons. The predicted molar refractivity (Wildman–Crippen MR) is 132 cm³/mol. The van der Waals surface area contributed by atoms with Gasteiger partial charge in [-0.1, -0.05) is 19.4 Å². The number of phenolic OH excluding ortho intramolecular Hbond substituents is 1. The number of aromatic hydroxyl groups is 1. The summed E-state index contributed by atoms with van der Waals surface area (Å²) in [6, 6.07) is 1.31. The number of amides is 3. The number of phenols is 1. The Bertz CT molecular complexity index is 1020. The van der Waals surface area contributed by atoms with Crippen LogP contribution >= 0.6 is 12.6 Å². The topological polar surface area (TPSA) is 217 Å². The van der Waals surface area contributed by atoms with Gasteiger partial charge in [0.15, 0.2) is 0 Å². The molecule has 0 aliphatic heterocycles. The molecule has 0 radical (unpaired) electrons. The smallest absolute Gasteiger partial charge is 0.322 e. The first-order valence-corrected chi connectivity index (χ1v) is 12.9. The van der Waals surface area contributed by atoms with Gasteiger partial charge in [0.05, 0.1) is 24.5 Å². The number of hydrogen-bond acceptors (Lipinski definition) is 9. The van der Waals surface area contributed by atoms with Crippen LogP contribution in [-0.4, -0.2) is 79.0 Å². The Hall–Kier alpha value is -2.88. The van der Waals surface area contributed by atoms with Crippen molar-refractivity contribution in [3.05, 3.63) is 23.8 Å². The van der Waals surface area contributed by atoms with Gasteiger partial charge in [0.25, 0.3) is 0 Å². The maximum absolute atomic E-state index is 12.6. The first kappa shape index (κ1) is 30.2. The first-order chi connectivity index (χ1) is 16.4. The molecule has 0 heterocycles. The fraction of sp³-hybridized carbons (Fsp3) is 0.500. The molecule has 0 aromatic heterocycles. The third-order valence-corrected chi connectivity index (χ3v) is 6.45. The molecule has 0 aliphatic rings. The van der Waals surface area contributed by atoms with Crippen LogP contribution in [0.25, 0.3) is 0 Å². The van der Waals surface area contributed by atoms with Gasteiger partial charge in [-0.15, -0.1) is 0 Å². The molecule has 3 amide bonds. The number of benzene rings is 1. The van der Waals surface area contributed by atoms with Gasteiger partial charge in [-0.3, -0.25) is 19.2 Å². The summed E-state index contributed by atoms with van der Waals surface area (Å²) in [4.78, 5) is 47.3. The van der Waals surface area contributed by atoms with Gasteiger partial charge in [0.2, 0.25) is 27.7 Å². The number of unbranched alkanes of at least 4 members (excludes halogenated alkanes) is 1. The number of carbonyl (C=O) groups excluding carboxylic acids is 3. The van der Waals surface area contributed by atoms with E-state index in [0.717, 1.165) is 0 Å². The maximum Gasteiger partial charge on any atom is 0.322 e. The van der Waals surface area contributed by atoms with E-state index in [-0.39, 0.29) is 35.9 Å². The quantitative estimate of drug-likeness (QED) is 0.0974. The number of nitrogens with two attached hydrogens (primary N) is 1. The second kappa shape index (κ2) is 14.5. The van der Waals surface area contributed by atoms with Gasteiger partial charge in [0, 0.05) is 5.75 Å². The lowest BCUT2D eigenvalue weighted by Crippen LogP contribution is -2.49. The molecule has 1 aromatic carbocycles. The number of carbonyl (C=O) groups is 4. The second-order valence-electron chi connectivity index (χ2n) is 7.51. The largest absolute Gasteiger partial charge is 0.506 e. The SMILES string of the molecule is CCCCS(=O)(=O)N[C@@H](Cc1ccc(O)c(NC(=O)[C@H](CS)NC(=O)CNC(=O)CN)c1)C(=O)O. The molecule has 0 unspecified atom stereocenters. The third kappa shape index (κ3) is 10.9. The highest BCUT2D eigenvalue weighted by atomic mass is 32.2. The van der Waals surface area contributed by atoms with Crippen LogP contribution in [0.3, 0.4) is 0 Å². The van der Waals surface area contributed by atoms with Crippen molar-refractivity contribution in [2.45, 2.75) is 38.3 Å². The molecule has 0 aliphatic carbocycles. The molecule has 35 heavy (non-hydrogen) atoms. The Kier molecular flexibility index (Phi) is 12.5. The molecular weight excluding hydrogens is 502 g/mol. The lowest BCUT2D eigenvalue weighted by molar-refractivity contribution is -0.139. The zero-order valence-corrected chi connectivity index (χ0v) is 20.8. The summed E-state index contributed by atoms with van der Waals surface area (Å²) >= 11 is 4.02. The van der Waals surface area contributed by atoms with E-state index in [1.165, 1.54) is 18.2 Å². The fourth-order valence-electron chi connectivity index (χ4n) is 2.75. The van der Waals surface area contributed by atoms with Crippen molar-refractivity contribution in [1.82, 2.24) is 15.4 Å². The van der Waals surface area contributed by atoms with Crippen LogP contribution < -0.4 is 26.4 Å². The van der Waals surface area contributed by atoms with Gasteiger partial charge in [0.1, 0.15) is 17.8 Å². The lowest BCUT2D eigenvalue weighted by Gasteiger charge is -2.18. The molecule has 0 fully saturated rings. The highest BCUT2D eigenvalue weighted by Gasteiger charge is 2.25. The van der Waals surface area contributed by atoms with Crippen molar-refractivity contribution < 1.29 is 37.8 Å². The van der Waals surface area contributed by atoms with Crippen LogP contribution in [-0.2, 0) is 35.6 Å². The minimum atomic E-state index is -3.82. The maximum atomic E-state index is 12.6. The zero-order chi connectivity index (χ0) is 26.6. The highest BCUT2D eigenvalue weighted by Crippen LogP contribution is 2.25. The highest BCUT2D eigenvalue weighted by molar-refractivity contribution is 7.89. The zero-order valence-electron chi connectivity index (χ0n) is 19.1. The van der Waals surface area contributed by atoms with E-state index in [9.17, 15) is 37.8 Å².